The Hall–Kier alpha value is -1.82. The van der Waals surface area contributed by atoms with E-state index in [2.05, 4.69) is 25.9 Å². The van der Waals surface area contributed by atoms with E-state index >= 15 is 0 Å². The standard InChI is InChI=1S/C15H10BrF3N2/c1-8-3-2-4-12-13(8)21-14(20-12)10-6-5-9(16)7-11(10)15(17,18)19/h2-7H,1H3,(H,20,21). The van der Waals surface area contributed by atoms with Crippen molar-refractivity contribution in [2.45, 2.75) is 13.1 Å². The van der Waals surface area contributed by atoms with E-state index in [1.165, 1.54) is 6.07 Å². The monoisotopic (exact) mass is 354 g/mol. The Bertz CT molecular complexity index is 821. The van der Waals surface area contributed by atoms with E-state index < -0.39 is 11.7 Å². The highest BCUT2D eigenvalue weighted by atomic mass is 79.9. The number of para-hydroxylation sites is 1. The second-order valence-corrected chi connectivity index (χ2v) is 5.66. The van der Waals surface area contributed by atoms with Crippen LogP contribution in [0.1, 0.15) is 11.1 Å². The molecule has 0 saturated carbocycles. The number of halogens is 4. The van der Waals surface area contributed by atoms with Gasteiger partial charge in [-0.15, -0.1) is 0 Å². The molecule has 3 aromatic rings. The molecule has 0 unspecified atom stereocenters. The maximum atomic E-state index is 13.2. The SMILES string of the molecule is Cc1cccc2[nH]c(-c3ccc(Br)cc3C(F)(F)F)nc12. The lowest BCUT2D eigenvalue weighted by Crippen LogP contribution is -2.07. The van der Waals surface area contributed by atoms with Gasteiger partial charge in [-0.05, 0) is 36.8 Å². The molecule has 1 aromatic heterocycles. The number of hydrogen-bond acceptors (Lipinski definition) is 1. The van der Waals surface area contributed by atoms with Crippen LogP contribution in [0.5, 0.6) is 0 Å². The van der Waals surface area contributed by atoms with Gasteiger partial charge in [0, 0.05) is 10.0 Å². The molecule has 0 aliphatic carbocycles. The molecule has 21 heavy (non-hydrogen) atoms. The van der Waals surface area contributed by atoms with Crippen LogP contribution in [0.3, 0.4) is 0 Å². The predicted octanol–water partition coefficient (Wildman–Crippen LogP) is 5.32. The first-order chi connectivity index (χ1) is 9.86. The number of aromatic amines is 1. The number of H-pyrrole nitrogens is 1. The van der Waals surface area contributed by atoms with E-state index in [0.29, 0.717) is 9.99 Å². The van der Waals surface area contributed by atoms with Crippen LogP contribution in [0, 0.1) is 6.92 Å². The number of aryl methyl sites for hydroxylation is 1. The van der Waals surface area contributed by atoms with Crippen molar-refractivity contribution in [1.82, 2.24) is 9.97 Å². The Labute approximate surface area is 127 Å². The Morgan fingerprint density at radius 2 is 1.90 bits per heavy atom. The summed E-state index contributed by atoms with van der Waals surface area (Å²) in [5.41, 5.74) is 1.65. The minimum Gasteiger partial charge on any atom is -0.338 e. The number of alkyl halides is 3. The molecular formula is C15H10BrF3N2. The van der Waals surface area contributed by atoms with Gasteiger partial charge >= 0.3 is 6.18 Å². The summed E-state index contributed by atoms with van der Waals surface area (Å²) in [5.74, 6) is 0.221. The van der Waals surface area contributed by atoms with E-state index in [4.69, 9.17) is 0 Å². The molecule has 1 heterocycles. The summed E-state index contributed by atoms with van der Waals surface area (Å²) < 4.78 is 39.9. The third-order valence-corrected chi connectivity index (χ3v) is 3.75. The number of fused-ring (bicyclic) bond motifs is 1. The summed E-state index contributed by atoms with van der Waals surface area (Å²) in [7, 11) is 0. The topological polar surface area (TPSA) is 28.7 Å². The van der Waals surface area contributed by atoms with Gasteiger partial charge in [0.05, 0.1) is 16.6 Å². The van der Waals surface area contributed by atoms with Gasteiger partial charge < -0.3 is 4.98 Å². The fraction of sp³-hybridized carbons (Fsp3) is 0.133. The van der Waals surface area contributed by atoms with Crippen molar-refractivity contribution in [3.8, 4) is 11.4 Å². The zero-order valence-corrected chi connectivity index (χ0v) is 12.5. The molecule has 0 atom stereocenters. The van der Waals surface area contributed by atoms with Crippen molar-refractivity contribution in [3.05, 3.63) is 52.0 Å². The van der Waals surface area contributed by atoms with Crippen molar-refractivity contribution >= 4 is 27.0 Å². The zero-order valence-electron chi connectivity index (χ0n) is 10.9. The molecule has 2 nitrogen and oxygen atoms in total. The quantitative estimate of drug-likeness (QED) is 0.629. The van der Waals surface area contributed by atoms with Gasteiger partial charge in [0.15, 0.2) is 0 Å². The molecule has 0 spiro atoms. The Balaban J connectivity index is 2.25. The van der Waals surface area contributed by atoms with Crippen LogP contribution in [0.15, 0.2) is 40.9 Å². The molecule has 1 N–H and O–H groups in total. The van der Waals surface area contributed by atoms with Crippen molar-refractivity contribution in [3.63, 3.8) is 0 Å². The van der Waals surface area contributed by atoms with Gasteiger partial charge in [-0.1, -0.05) is 28.1 Å². The van der Waals surface area contributed by atoms with E-state index in [0.717, 1.165) is 17.1 Å². The van der Waals surface area contributed by atoms with E-state index in [1.807, 2.05) is 19.1 Å². The summed E-state index contributed by atoms with van der Waals surface area (Å²) in [5, 5.41) is 0. The van der Waals surface area contributed by atoms with E-state index in [1.54, 1.807) is 12.1 Å². The molecule has 0 aliphatic rings. The van der Waals surface area contributed by atoms with Gasteiger partial charge in [0.2, 0.25) is 0 Å². The minimum absolute atomic E-state index is 0.0429. The lowest BCUT2D eigenvalue weighted by molar-refractivity contribution is -0.137. The maximum Gasteiger partial charge on any atom is 0.417 e. The van der Waals surface area contributed by atoms with Gasteiger partial charge in [0.25, 0.3) is 0 Å². The number of aromatic nitrogens is 2. The van der Waals surface area contributed by atoms with Gasteiger partial charge in [-0.25, -0.2) is 4.98 Å². The van der Waals surface area contributed by atoms with Crippen molar-refractivity contribution in [2.75, 3.05) is 0 Å². The van der Waals surface area contributed by atoms with Crippen molar-refractivity contribution < 1.29 is 13.2 Å². The molecule has 0 saturated heterocycles. The highest BCUT2D eigenvalue weighted by Gasteiger charge is 2.34. The minimum atomic E-state index is -4.44. The average molecular weight is 355 g/mol. The highest BCUT2D eigenvalue weighted by Crippen LogP contribution is 2.38. The third kappa shape index (κ3) is 2.55. The first kappa shape index (κ1) is 14.1. The van der Waals surface area contributed by atoms with Crippen LogP contribution in [-0.4, -0.2) is 9.97 Å². The summed E-state index contributed by atoms with van der Waals surface area (Å²) in [6, 6.07) is 9.57. The van der Waals surface area contributed by atoms with Crippen molar-refractivity contribution in [2.24, 2.45) is 0 Å². The molecule has 108 valence electrons. The molecule has 0 radical (unpaired) electrons. The Morgan fingerprint density at radius 3 is 2.57 bits per heavy atom. The number of rotatable bonds is 1. The molecule has 0 aliphatic heterocycles. The van der Waals surface area contributed by atoms with Crippen LogP contribution in [0.4, 0.5) is 13.2 Å². The summed E-state index contributed by atoms with van der Waals surface area (Å²) >= 11 is 3.08. The van der Waals surface area contributed by atoms with Crippen LogP contribution in [0.2, 0.25) is 0 Å². The largest absolute Gasteiger partial charge is 0.417 e. The second kappa shape index (κ2) is 4.87. The van der Waals surface area contributed by atoms with Crippen LogP contribution < -0.4 is 0 Å². The molecule has 3 rings (SSSR count). The highest BCUT2D eigenvalue weighted by molar-refractivity contribution is 9.10. The number of hydrogen-bond donors (Lipinski definition) is 1. The fourth-order valence-corrected chi connectivity index (χ4v) is 2.62. The van der Waals surface area contributed by atoms with Crippen LogP contribution >= 0.6 is 15.9 Å². The molecule has 0 fully saturated rings. The zero-order chi connectivity index (χ0) is 15.2. The van der Waals surface area contributed by atoms with Crippen molar-refractivity contribution in [1.29, 1.82) is 0 Å². The average Bonchev–Trinajstić information content (AvgIpc) is 2.83. The van der Waals surface area contributed by atoms with Gasteiger partial charge in [-0.2, -0.15) is 13.2 Å². The smallest absolute Gasteiger partial charge is 0.338 e. The molecule has 2 aromatic carbocycles. The van der Waals surface area contributed by atoms with Crippen LogP contribution in [0.25, 0.3) is 22.4 Å². The summed E-state index contributed by atoms with van der Waals surface area (Å²) in [6.45, 7) is 1.87. The molecular weight excluding hydrogens is 345 g/mol. The number of benzene rings is 2. The number of nitrogens with zero attached hydrogens (tertiary/aromatic N) is 1. The fourth-order valence-electron chi connectivity index (χ4n) is 2.26. The normalized spacial score (nSPS) is 12.0. The molecule has 0 bridgehead atoms. The molecule has 0 amide bonds. The summed E-state index contributed by atoms with van der Waals surface area (Å²) in [6.07, 6.45) is -4.44. The Morgan fingerprint density at radius 1 is 1.14 bits per heavy atom. The first-order valence-corrected chi connectivity index (χ1v) is 6.98. The maximum absolute atomic E-state index is 13.2. The lowest BCUT2D eigenvalue weighted by Gasteiger charge is -2.11. The van der Waals surface area contributed by atoms with Crippen LogP contribution in [-0.2, 0) is 6.18 Å². The summed E-state index contributed by atoms with van der Waals surface area (Å²) in [4.78, 5) is 7.27. The predicted molar refractivity (Wildman–Crippen MR) is 79.0 cm³/mol. The van der Waals surface area contributed by atoms with E-state index in [9.17, 15) is 13.2 Å². The van der Waals surface area contributed by atoms with Gasteiger partial charge in [-0.3, -0.25) is 0 Å². The van der Waals surface area contributed by atoms with E-state index in [-0.39, 0.29) is 11.4 Å². The lowest BCUT2D eigenvalue weighted by atomic mass is 10.1. The third-order valence-electron chi connectivity index (χ3n) is 3.26. The first-order valence-electron chi connectivity index (χ1n) is 6.19. The Kier molecular flexibility index (Phi) is 3.28. The second-order valence-electron chi connectivity index (χ2n) is 4.74. The molecule has 6 heteroatoms. The number of nitrogens with one attached hydrogen (secondary N) is 1. The van der Waals surface area contributed by atoms with Gasteiger partial charge in [0.1, 0.15) is 5.82 Å². The number of imidazole rings is 1.